The van der Waals surface area contributed by atoms with Crippen LogP contribution in [0.4, 0.5) is 4.79 Å². The molecule has 0 bridgehead atoms. The Morgan fingerprint density at radius 1 is 1.08 bits per heavy atom. The monoisotopic (exact) mass is 352 g/mol. The summed E-state index contributed by atoms with van der Waals surface area (Å²) >= 11 is 0. The van der Waals surface area contributed by atoms with Gasteiger partial charge in [-0.3, -0.25) is 9.69 Å². The number of nitrogens with zero attached hydrogens (tertiary/aromatic N) is 2. The van der Waals surface area contributed by atoms with Crippen LogP contribution in [-0.2, 0) is 22.7 Å². The Balaban J connectivity index is 1.54. The number of rotatable bonds is 5. The van der Waals surface area contributed by atoms with Crippen molar-refractivity contribution < 1.29 is 14.3 Å². The highest BCUT2D eigenvalue weighted by Crippen LogP contribution is 2.08. The Labute approximate surface area is 153 Å². The van der Waals surface area contributed by atoms with E-state index in [1.807, 2.05) is 60.7 Å². The minimum atomic E-state index is -0.690. The molecular formula is C20H22N3O3. The molecule has 1 atom stereocenters. The number of amides is 2. The maximum atomic E-state index is 12.2. The summed E-state index contributed by atoms with van der Waals surface area (Å²) in [6, 6.07) is 18.7. The number of carbonyl (C=O) groups excluding carboxylic acids is 2. The molecule has 0 aromatic heterocycles. The van der Waals surface area contributed by atoms with Crippen LogP contribution in [0.2, 0.25) is 0 Å². The molecule has 1 N–H and O–H groups in total. The van der Waals surface area contributed by atoms with Gasteiger partial charge in [0, 0.05) is 19.6 Å². The van der Waals surface area contributed by atoms with Crippen molar-refractivity contribution in [3.8, 4) is 0 Å². The normalized spacial score (nSPS) is 17.8. The molecular weight excluding hydrogens is 330 g/mol. The number of ether oxygens (including phenoxy) is 1. The van der Waals surface area contributed by atoms with Crippen LogP contribution in [0.25, 0.3) is 0 Å². The lowest BCUT2D eigenvalue weighted by molar-refractivity contribution is -0.123. The molecule has 135 valence electrons. The first kappa shape index (κ1) is 17.9. The summed E-state index contributed by atoms with van der Waals surface area (Å²) in [6.07, 6.45) is -0.607. The van der Waals surface area contributed by atoms with Gasteiger partial charge in [0.05, 0.1) is 6.54 Å². The van der Waals surface area contributed by atoms with Crippen molar-refractivity contribution >= 4 is 12.0 Å². The van der Waals surface area contributed by atoms with Gasteiger partial charge in [0.1, 0.15) is 12.6 Å². The Kier molecular flexibility index (Phi) is 6.22. The van der Waals surface area contributed by atoms with Gasteiger partial charge in [0.25, 0.3) is 5.91 Å². The van der Waals surface area contributed by atoms with Crippen molar-refractivity contribution in [3.05, 3.63) is 71.8 Å². The molecule has 3 rings (SSSR count). The highest BCUT2D eigenvalue weighted by Gasteiger charge is 2.28. The molecule has 1 aliphatic rings. The second-order valence-corrected chi connectivity index (χ2v) is 6.20. The molecule has 26 heavy (non-hydrogen) atoms. The lowest BCUT2D eigenvalue weighted by Gasteiger charge is -2.23. The molecule has 1 aliphatic heterocycles. The number of nitrogens with one attached hydrogen (secondary N) is 1. The molecule has 0 saturated carbocycles. The zero-order valence-corrected chi connectivity index (χ0v) is 14.5. The summed E-state index contributed by atoms with van der Waals surface area (Å²) in [5, 5.41) is 6.67. The van der Waals surface area contributed by atoms with E-state index in [0.717, 1.165) is 11.1 Å². The smallest absolute Gasteiger partial charge is 0.408 e. The molecule has 0 aliphatic carbocycles. The van der Waals surface area contributed by atoms with Crippen LogP contribution in [0.3, 0.4) is 0 Å². The topological polar surface area (TPSA) is 72.7 Å². The van der Waals surface area contributed by atoms with Gasteiger partial charge in [-0.25, -0.2) is 10.1 Å². The summed E-state index contributed by atoms with van der Waals surface area (Å²) in [5.41, 5.74) is 2.05. The second kappa shape index (κ2) is 9.01. The minimum Gasteiger partial charge on any atom is -0.445 e. The van der Waals surface area contributed by atoms with Crippen LogP contribution in [0.15, 0.2) is 60.7 Å². The SMILES string of the molecule is O=C(NC1CN(Cc2ccccc2)CC[N]C1=O)OCc1ccccc1. The molecule has 1 heterocycles. The van der Waals surface area contributed by atoms with E-state index in [4.69, 9.17) is 4.74 Å². The minimum absolute atomic E-state index is 0.165. The molecule has 1 fully saturated rings. The number of benzene rings is 2. The lowest BCUT2D eigenvalue weighted by atomic mass is 10.2. The van der Waals surface area contributed by atoms with Gasteiger partial charge in [0.2, 0.25) is 0 Å². The van der Waals surface area contributed by atoms with Crippen molar-refractivity contribution in [1.82, 2.24) is 15.5 Å². The fourth-order valence-electron chi connectivity index (χ4n) is 2.84. The maximum absolute atomic E-state index is 12.2. The molecule has 6 heteroatoms. The van der Waals surface area contributed by atoms with E-state index in [2.05, 4.69) is 15.5 Å². The Morgan fingerprint density at radius 2 is 1.73 bits per heavy atom. The van der Waals surface area contributed by atoms with Crippen LogP contribution in [0, 0.1) is 0 Å². The van der Waals surface area contributed by atoms with E-state index < -0.39 is 12.1 Å². The second-order valence-electron chi connectivity index (χ2n) is 6.20. The summed E-state index contributed by atoms with van der Waals surface area (Å²) in [4.78, 5) is 26.3. The maximum Gasteiger partial charge on any atom is 0.408 e. The molecule has 1 saturated heterocycles. The molecule has 2 amide bonds. The van der Waals surface area contributed by atoms with E-state index in [9.17, 15) is 9.59 Å². The summed E-state index contributed by atoms with van der Waals surface area (Å²) in [5.74, 6) is -0.308. The van der Waals surface area contributed by atoms with Crippen molar-refractivity contribution in [3.63, 3.8) is 0 Å². The first-order chi connectivity index (χ1) is 12.7. The zero-order valence-electron chi connectivity index (χ0n) is 14.5. The first-order valence-corrected chi connectivity index (χ1v) is 8.65. The number of hydrogen-bond donors (Lipinski definition) is 1. The van der Waals surface area contributed by atoms with Crippen molar-refractivity contribution in [2.75, 3.05) is 19.6 Å². The van der Waals surface area contributed by atoms with Crippen molar-refractivity contribution in [2.24, 2.45) is 0 Å². The van der Waals surface area contributed by atoms with Gasteiger partial charge < -0.3 is 10.1 Å². The summed E-state index contributed by atoms with van der Waals surface area (Å²) < 4.78 is 5.21. The van der Waals surface area contributed by atoms with E-state index in [1.54, 1.807) is 0 Å². The van der Waals surface area contributed by atoms with Gasteiger partial charge in [-0.05, 0) is 11.1 Å². The Bertz CT molecular complexity index is 722. The molecule has 1 unspecified atom stereocenters. The van der Waals surface area contributed by atoms with Crippen LogP contribution < -0.4 is 10.6 Å². The fourth-order valence-corrected chi connectivity index (χ4v) is 2.84. The predicted octanol–water partition coefficient (Wildman–Crippen LogP) is 1.93. The van der Waals surface area contributed by atoms with Crippen molar-refractivity contribution in [2.45, 2.75) is 19.2 Å². The zero-order chi connectivity index (χ0) is 18.2. The number of alkyl carbamates (subject to hydrolysis) is 1. The van der Waals surface area contributed by atoms with E-state index in [1.165, 1.54) is 0 Å². The molecule has 2 aromatic carbocycles. The molecule has 0 spiro atoms. The lowest BCUT2D eigenvalue weighted by Crippen LogP contribution is -2.48. The van der Waals surface area contributed by atoms with Gasteiger partial charge in [-0.15, -0.1) is 0 Å². The molecule has 1 radical (unpaired) electrons. The highest BCUT2D eigenvalue weighted by atomic mass is 16.5. The van der Waals surface area contributed by atoms with Gasteiger partial charge in [0.15, 0.2) is 0 Å². The third-order valence-corrected chi connectivity index (χ3v) is 4.18. The third kappa shape index (κ3) is 5.32. The molecule has 6 nitrogen and oxygen atoms in total. The quantitative estimate of drug-likeness (QED) is 0.892. The van der Waals surface area contributed by atoms with Crippen LogP contribution in [0.1, 0.15) is 11.1 Å². The highest BCUT2D eigenvalue weighted by molar-refractivity contribution is 5.85. The first-order valence-electron chi connectivity index (χ1n) is 8.65. The van der Waals surface area contributed by atoms with Crippen molar-refractivity contribution in [1.29, 1.82) is 0 Å². The number of carbonyl (C=O) groups is 2. The fraction of sp³-hybridized carbons (Fsp3) is 0.300. The Morgan fingerprint density at radius 3 is 2.42 bits per heavy atom. The average molecular weight is 352 g/mol. The largest absolute Gasteiger partial charge is 0.445 e. The Hall–Kier alpha value is -2.86. The molecule has 2 aromatic rings. The van der Waals surface area contributed by atoms with Gasteiger partial charge >= 0.3 is 6.09 Å². The standard InChI is InChI=1S/C20H22N3O3/c24-19-18(22-20(25)26-15-17-9-5-2-6-10-17)14-23(12-11-21-19)13-16-7-3-1-4-8-16/h1-10,18H,11-15H2,(H,22,25). The van der Waals surface area contributed by atoms with E-state index in [0.29, 0.717) is 26.2 Å². The van der Waals surface area contributed by atoms with E-state index in [-0.39, 0.29) is 12.5 Å². The summed E-state index contributed by atoms with van der Waals surface area (Å²) in [6.45, 7) is 2.40. The van der Waals surface area contributed by atoms with Gasteiger partial charge in [-0.2, -0.15) is 0 Å². The van der Waals surface area contributed by atoms with Crippen LogP contribution in [0.5, 0.6) is 0 Å². The third-order valence-electron chi connectivity index (χ3n) is 4.18. The van der Waals surface area contributed by atoms with Gasteiger partial charge in [-0.1, -0.05) is 60.7 Å². The predicted molar refractivity (Wildman–Crippen MR) is 97.3 cm³/mol. The van der Waals surface area contributed by atoms with Crippen LogP contribution >= 0.6 is 0 Å². The number of hydrogen-bond acceptors (Lipinski definition) is 4. The van der Waals surface area contributed by atoms with E-state index >= 15 is 0 Å². The average Bonchev–Trinajstić information content (AvgIpc) is 2.83. The summed E-state index contributed by atoms with van der Waals surface area (Å²) in [7, 11) is 0. The van der Waals surface area contributed by atoms with Crippen LogP contribution in [-0.4, -0.2) is 42.6 Å².